The Labute approximate surface area is 90.4 Å². The van der Waals surface area contributed by atoms with Gasteiger partial charge in [-0.15, -0.1) is 0 Å². The van der Waals surface area contributed by atoms with Crippen LogP contribution in [0.5, 0.6) is 0 Å². The van der Waals surface area contributed by atoms with Gasteiger partial charge in [-0.05, 0) is 0 Å². The van der Waals surface area contributed by atoms with Gasteiger partial charge in [0.25, 0.3) is 0 Å². The number of ketones is 1. The Kier molecular flexibility index (Phi) is 2.72. The predicted octanol–water partition coefficient (Wildman–Crippen LogP) is 2.47. The van der Waals surface area contributed by atoms with Gasteiger partial charge in [0.05, 0.1) is 11.4 Å². The summed E-state index contributed by atoms with van der Waals surface area (Å²) in [4.78, 5) is 11.9. The van der Waals surface area contributed by atoms with Gasteiger partial charge < -0.3 is 0 Å². The van der Waals surface area contributed by atoms with Crippen molar-refractivity contribution in [2.24, 2.45) is 10.2 Å². The smallest absolute Gasteiger partial charge is 0.190 e. The molecule has 1 heterocycles. The Hall–Kier alpha value is -1.03. The van der Waals surface area contributed by atoms with Gasteiger partial charge in [0.2, 0.25) is 0 Å². The lowest BCUT2D eigenvalue weighted by Crippen LogP contribution is -2.26. The third kappa shape index (κ3) is 1.75. The van der Waals surface area contributed by atoms with E-state index < -0.39 is 0 Å². The van der Waals surface area contributed by atoms with Gasteiger partial charge >= 0.3 is 0 Å². The van der Waals surface area contributed by atoms with Crippen molar-refractivity contribution in [3.05, 3.63) is 35.9 Å². The second kappa shape index (κ2) is 4.00. The summed E-state index contributed by atoms with van der Waals surface area (Å²) in [7, 11) is 0. The van der Waals surface area contributed by atoms with Crippen LogP contribution in [0.1, 0.15) is 10.4 Å². The first kappa shape index (κ1) is 9.52. The van der Waals surface area contributed by atoms with Crippen molar-refractivity contribution < 1.29 is 4.79 Å². The maximum atomic E-state index is 11.9. The normalized spacial score (nSPS) is 25.2. The Morgan fingerprint density at radius 2 is 2.07 bits per heavy atom. The third-order valence-corrected chi connectivity index (χ3v) is 2.92. The summed E-state index contributed by atoms with van der Waals surface area (Å²) in [5, 5.41) is 7.77. The van der Waals surface area contributed by atoms with E-state index in [1.54, 1.807) is 12.1 Å². The lowest BCUT2D eigenvalue weighted by atomic mass is 10.0. The van der Waals surface area contributed by atoms with Crippen LogP contribution in [0.3, 0.4) is 0 Å². The molecule has 4 heteroatoms. The van der Waals surface area contributed by atoms with Crippen LogP contribution >= 0.6 is 15.9 Å². The summed E-state index contributed by atoms with van der Waals surface area (Å²) in [6.07, 6.45) is 0. The molecule has 14 heavy (non-hydrogen) atoms. The zero-order chi connectivity index (χ0) is 9.97. The van der Waals surface area contributed by atoms with Gasteiger partial charge in [0.15, 0.2) is 5.78 Å². The molecule has 0 aliphatic carbocycles. The number of rotatable bonds is 2. The third-order valence-electron chi connectivity index (χ3n) is 2.13. The summed E-state index contributed by atoms with van der Waals surface area (Å²) in [6, 6.07) is 8.84. The van der Waals surface area contributed by atoms with Gasteiger partial charge in [-0.25, -0.2) is 0 Å². The topological polar surface area (TPSA) is 41.8 Å². The van der Waals surface area contributed by atoms with Crippen LogP contribution in [-0.4, -0.2) is 23.2 Å². The highest BCUT2D eigenvalue weighted by Crippen LogP contribution is 2.20. The summed E-state index contributed by atoms with van der Waals surface area (Å²) in [5.74, 6) is 0.0359. The molecular weight excluding hydrogens is 244 g/mol. The number of carbonyl (C=O) groups excluding carboxylic acids is 1. The highest BCUT2D eigenvalue weighted by atomic mass is 79.9. The fourth-order valence-electron chi connectivity index (χ4n) is 1.38. The number of hydrogen-bond acceptors (Lipinski definition) is 3. The van der Waals surface area contributed by atoms with E-state index >= 15 is 0 Å². The molecule has 0 spiro atoms. The second-order valence-electron chi connectivity index (χ2n) is 3.13. The van der Waals surface area contributed by atoms with Crippen LogP contribution < -0.4 is 0 Å². The van der Waals surface area contributed by atoms with Gasteiger partial charge in [-0.3, -0.25) is 4.79 Å². The van der Waals surface area contributed by atoms with Crippen LogP contribution in [-0.2, 0) is 0 Å². The lowest BCUT2D eigenvalue weighted by Gasteiger charge is -2.08. The SMILES string of the molecule is O=C(c1ccccc1)[C@H]1N=NC[C@@H]1Br. The molecule has 0 aromatic heterocycles. The van der Waals surface area contributed by atoms with Gasteiger partial charge in [-0.1, -0.05) is 46.3 Å². The molecule has 2 rings (SSSR count). The molecule has 1 aliphatic heterocycles. The molecule has 0 N–H and O–H groups in total. The Bertz CT molecular complexity index is 364. The van der Waals surface area contributed by atoms with Crippen LogP contribution in [0.2, 0.25) is 0 Å². The second-order valence-corrected chi connectivity index (χ2v) is 4.31. The number of benzene rings is 1. The lowest BCUT2D eigenvalue weighted by molar-refractivity contribution is 0.0965. The summed E-state index contributed by atoms with van der Waals surface area (Å²) >= 11 is 3.39. The fourth-order valence-corrected chi connectivity index (χ4v) is 1.85. The average molecular weight is 253 g/mol. The predicted molar refractivity (Wildman–Crippen MR) is 57.0 cm³/mol. The fraction of sp³-hybridized carbons (Fsp3) is 0.300. The van der Waals surface area contributed by atoms with E-state index in [2.05, 4.69) is 26.2 Å². The molecule has 0 bridgehead atoms. The molecule has 1 aromatic rings. The average Bonchev–Trinajstić information content (AvgIpc) is 2.65. The van der Waals surface area contributed by atoms with Crippen molar-refractivity contribution in [2.75, 3.05) is 6.54 Å². The highest BCUT2D eigenvalue weighted by molar-refractivity contribution is 9.09. The van der Waals surface area contributed by atoms with Crippen LogP contribution in [0.4, 0.5) is 0 Å². The number of carbonyl (C=O) groups is 1. The molecule has 1 aromatic carbocycles. The van der Waals surface area contributed by atoms with Crippen molar-refractivity contribution in [1.29, 1.82) is 0 Å². The number of azo groups is 1. The Morgan fingerprint density at radius 3 is 2.64 bits per heavy atom. The number of alkyl halides is 1. The van der Waals surface area contributed by atoms with Crippen LogP contribution in [0, 0.1) is 0 Å². The van der Waals surface area contributed by atoms with Crippen molar-refractivity contribution >= 4 is 21.7 Å². The molecule has 0 saturated carbocycles. The van der Waals surface area contributed by atoms with Crippen molar-refractivity contribution in [3.63, 3.8) is 0 Å². The molecule has 3 nitrogen and oxygen atoms in total. The molecule has 0 radical (unpaired) electrons. The zero-order valence-corrected chi connectivity index (χ0v) is 9.02. The first-order valence-corrected chi connectivity index (χ1v) is 5.30. The Morgan fingerprint density at radius 1 is 1.36 bits per heavy atom. The van der Waals surface area contributed by atoms with E-state index in [0.717, 1.165) is 0 Å². The van der Waals surface area contributed by atoms with E-state index in [4.69, 9.17) is 0 Å². The first-order valence-electron chi connectivity index (χ1n) is 4.39. The molecule has 0 saturated heterocycles. The van der Waals surface area contributed by atoms with Crippen LogP contribution in [0.15, 0.2) is 40.6 Å². The van der Waals surface area contributed by atoms with Gasteiger partial charge in [-0.2, -0.15) is 10.2 Å². The van der Waals surface area contributed by atoms with E-state index in [0.29, 0.717) is 12.1 Å². The summed E-state index contributed by atoms with van der Waals surface area (Å²) in [6.45, 7) is 0.587. The van der Waals surface area contributed by atoms with Gasteiger partial charge in [0, 0.05) is 5.56 Å². The monoisotopic (exact) mass is 252 g/mol. The highest BCUT2D eigenvalue weighted by Gasteiger charge is 2.30. The number of nitrogens with zero attached hydrogens (tertiary/aromatic N) is 2. The molecule has 72 valence electrons. The molecular formula is C10H9BrN2O. The quantitative estimate of drug-likeness (QED) is 0.589. The van der Waals surface area contributed by atoms with E-state index in [-0.39, 0.29) is 16.7 Å². The standard InChI is InChI=1S/C10H9BrN2O/c11-8-6-12-13-9(8)10(14)7-4-2-1-3-5-7/h1-5,8-9H,6H2/t8-,9-/m0/s1. The summed E-state index contributed by atoms with van der Waals surface area (Å²) < 4.78 is 0. The van der Waals surface area contributed by atoms with Crippen molar-refractivity contribution in [1.82, 2.24) is 0 Å². The number of hydrogen-bond donors (Lipinski definition) is 0. The molecule has 0 unspecified atom stereocenters. The Balaban J connectivity index is 2.20. The molecule has 1 aliphatic rings. The van der Waals surface area contributed by atoms with Crippen molar-refractivity contribution in [2.45, 2.75) is 10.9 Å². The maximum Gasteiger partial charge on any atom is 0.190 e. The molecule has 0 fully saturated rings. The largest absolute Gasteiger partial charge is 0.292 e. The maximum absolute atomic E-state index is 11.9. The number of Topliss-reactive ketones (excluding diaryl/α,β-unsaturated/α-hetero) is 1. The molecule has 2 atom stereocenters. The molecule has 0 amide bonds. The number of halogens is 1. The minimum Gasteiger partial charge on any atom is -0.292 e. The summed E-state index contributed by atoms with van der Waals surface area (Å²) in [5.41, 5.74) is 0.697. The van der Waals surface area contributed by atoms with Crippen LogP contribution in [0.25, 0.3) is 0 Å². The van der Waals surface area contributed by atoms with E-state index in [1.807, 2.05) is 18.2 Å². The first-order chi connectivity index (χ1) is 6.79. The van der Waals surface area contributed by atoms with E-state index in [9.17, 15) is 4.79 Å². The minimum atomic E-state index is -0.350. The zero-order valence-electron chi connectivity index (χ0n) is 7.43. The minimum absolute atomic E-state index is 0.0359. The van der Waals surface area contributed by atoms with E-state index in [1.165, 1.54) is 0 Å². The van der Waals surface area contributed by atoms with Gasteiger partial charge in [0.1, 0.15) is 6.04 Å². The van der Waals surface area contributed by atoms with Crippen molar-refractivity contribution in [3.8, 4) is 0 Å².